The van der Waals surface area contributed by atoms with Gasteiger partial charge in [0.1, 0.15) is 0 Å². The van der Waals surface area contributed by atoms with E-state index < -0.39 is 5.97 Å². The fourth-order valence-electron chi connectivity index (χ4n) is 2.90. The Morgan fingerprint density at radius 3 is 2.57 bits per heavy atom. The van der Waals surface area contributed by atoms with Crippen molar-refractivity contribution in [3.63, 3.8) is 0 Å². The van der Waals surface area contributed by atoms with Crippen molar-refractivity contribution in [2.45, 2.75) is 31.7 Å². The monoisotopic (exact) mass is 303 g/mol. The molecule has 1 heterocycles. The van der Waals surface area contributed by atoms with Crippen LogP contribution in [0.3, 0.4) is 0 Å². The zero-order valence-electron chi connectivity index (χ0n) is 11.5. The van der Waals surface area contributed by atoms with Crippen molar-refractivity contribution in [3.8, 4) is 0 Å². The lowest BCUT2D eigenvalue weighted by molar-refractivity contribution is -0.142. The van der Waals surface area contributed by atoms with Crippen LogP contribution < -0.4 is 5.32 Å². The Kier molecular flexibility index (Phi) is 3.92. The Labute approximate surface area is 126 Å². The van der Waals surface area contributed by atoms with E-state index in [2.05, 4.69) is 5.32 Å². The molecule has 0 atom stereocenters. The van der Waals surface area contributed by atoms with Crippen molar-refractivity contribution < 1.29 is 14.7 Å². The van der Waals surface area contributed by atoms with E-state index in [1.54, 1.807) is 11.3 Å². The van der Waals surface area contributed by atoms with Crippen molar-refractivity contribution in [1.82, 2.24) is 5.32 Å². The fourth-order valence-corrected chi connectivity index (χ4v) is 3.84. The Hall–Kier alpha value is -1.88. The van der Waals surface area contributed by atoms with Gasteiger partial charge in [0.25, 0.3) is 5.91 Å². The van der Waals surface area contributed by atoms with Gasteiger partial charge in [0.2, 0.25) is 0 Å². The highest BCUT2D eigenvalue weighted by molar-refractivity contribution is 7.17. The van der Waals surface area contributed by atoms with Crippen LogP contribution in [0.1, 0.15) is 36.0 Å². The Balaban J connectivity index is 1.66. The summed E-state index contributed by atoms with van der Waals surface area (Å²) in [5.74, 6) is -1.02. The molecule has 0 aliphatic heterocycles. The van der Waals surface area contributed by atoms with Gasteiger partial charge in [-0.05, 0) is 31.7 Å². The number of fused-ring (bicyclic) bond motifs is 1. The maximum absolute atomic E-state index is 12.4. The summed E-state index contributed by atoms with van der Waals surface area (Å²) in [7, 11) is 0. The molecule has 0 radical (unpaired) electrons. The third kappa shape index (κ3) is 2.93. The number of carboxylic acid groups (broad SMARTS) is 1. The molecule has 1 saturated carbocycles. The number of benzene rings is 1. The van der Waals surface area contributed by atoms with Crippen LogP contribution >= 0.6 is 11.3 Å². The number of thiophene rings is 1. The van der Waals surface area contributed by atoms with Crippen molar-refractivity contribution in [1.29, 1.82) is 0 Å². The second-order valence-corrected chi connectivity index (χ2v) is 6.42. The van der Waals surface area contributed by atoms with E-state index in [1.165, 1.54) is 0 Å². The molecule has 0 bridgehead atoms. The summed E-state index contributed by atoms with van der Waals surface area (Å²) >= 11 is 1.57. The predicted molar refractivity (Wildman–Crippen MR) is 82.7 cm³/mol. The number of carboxylic acids is 1. The van der Waals surface area contributed by atoms with Gasteiger partial charge in [-0.15, -0.1) is 11.3 Å². The molecule has 110 valence electrons. The van der Waals surface area contributed by atoms with Crippen LogP contribution in [0.15, 0.2) is 29.6 Å². The average Bonchev–Trinajstić information content (AvgIpc) is 2.92. The number of rotatable bonds is 3. The Morgan fingerprint density at radius 1 is 1.14 bits per heavy atom. The molecule has 2 aromatic rings. The molecule has 1 aromatic carbocycles. The highest BCUT2D eigenvalue weighted by Crippen LogP contribution is 2.27. The number of hydrogen-bond donors (Lipinski definition) is 2. The average molecular weight is 303 g/mol. The predicted octanol–water partition coefficient (Wildman–Crippen LogP) is 3.27. The molecular formula is C16H17NO3S. The minimum atomic E-state index is -0.719. The zero-order valence-corrected chi connectivity index (χ0v) is 12.4. The minimum Gasteiger partial charge on any atom is -0.481 e. The van der Waals surface area contributed by atoms with E-state index in [9.17, 15) is 9.59 Å². The lowest BCUT2D eigenvalue weighted by atomic mass is 9.86. The van der Waals surface area contributed by atoms with Gasteiger partial charge in [0, 0.05) is 21.5 Å². The van der Waals surface area contributed by atoms with Gasteiger partial charge in [0.15, 0.2) is 0 Å². The summed E-state index contributed by atoms with van der Waals surface area (Å²) in [4.78, 5) is 23.3. The van der Waals surface area contributed by atoms with Gasteiger partial charge in [-0.1, -0.05) is 18.2 Å². The third-order valence-corrected chi connectivity index (χ3v) is 5.10. The molecule has 0 spiro atoms. The number of amides is 1. The SMILES string of the molecule is O=C(NC1CCC(C(=O)O)CC1)c1csc2ccccc12. The van der Waals surface area contributed by atoms with Crippen LogP contribution in [0.25, 0.3) is 10.1 Å². The van der Waals surface area contributed by atoms with E-state index in [4.69, 9.17) is 5.11 Å². The first-order chi connectivity index (χ1) is 10.1. The number of carbonyl (C=O) groups excluding carboxylic acids is 1. The standard InChI is InChI=1S/C16H17NO3S/c18-15(13-9-21-14-4-2-1-3-12(13)14)17-11-7-5-10(6-8-11)16(19)20/h1-4,9-11H,5-8H2,(H,17,18)(H,19,20). The van der Waals surface area contributed by atoms with Gasteiger partial charge < -0.3 is 10.4 Å². The van der Waals surface area contributed by atoms with Crippen LogP contribution in [-0.2, 0) is 4.79 Å². The van der Waals surface area contributed by atoms with Crippen LogP contribution in [0.5, 0.6) is 0 Å². The summed E-state index contributed by atoms with van der Waals surface area (Å²) in [5.41, 5.74) is 0.718. The van der Waals surface area contributed by atoms with E-state index in [0.717, 1.165) is 28.5 Å². The van der Waals surface area contributed by atoms with Crippen LogP contribution in [0.2, 0.25) is 0 Å². The molecule has 1 fully saturated rings. The fraction of sp³-hybridized carbons (Fsp3) is 0.375. The van der Waals surface area contributed by atoms with Gasteiger partial charge in [-0.3, -0.25) is 9.59 Å². The van der Waals surface area contributed by atoms with Crippen molar-refractivity contribution in [2.75, 3.05) is 0 Å². The van der Waals surface area contributed by atoms with Gasteiger partial charge >= 0.3 is 5.97 Å². The lowest BCUT2D eigenvalue weighted by Gasteiger charge is -2.26. The maximum Gasteiger partial charge on any atom is 0.306 e. The Morgan fingerprint density at radius 2 is 1.86 bits per heavy atom. The normalized spacial score (nSPS) is 22.1. The summed E-state index contributed by atoms with van der Waals surface area (Å²) in [6.07, 6.45) is 2.77. The molecule has 3 rings (SSSR count). The van der Waals surface area contributed by atoms with Crippen LogP contribution in [0, 0.1) is 5.92 Å². The smallest absolute Gasteiger partial charge is 0.306 e. The molecule has 5 heteroatoms. The Bertz CT molecular complexity index is 671. The zero-order chi connectivity index (χ0) is 14.8. The van der Waals surface area contributed by atoms with E-state index in [1.807, 2.05) is 29.6 Å². The lowest BCUT2D eigenvalue weighted by Crippen LogP contribution is -2.38. The first-order valence-electron chi connectivity index (χ1n) is 7.15. The highest BCUT2D eigenvalue weighted by atomic mass is 32.1. The first-order valence-corrected chi connectivity index (χ1v) is 8.03. The molecule has 1 amide bonds. The van der Waals surface area contributed by atoms with Crippen molar-refractivity contribution >= 4 is 33.3 Å². The molecule has 1 aromatic heterocycles. The molecule has 0 saturated heterocycles. The minimum absolute atomic E-state index is 0.0498. The second kappa shape index (κ2) is 5.85. The van der Waals surface area contributed by atoms with Gasteiger partial charge in [-0.2, -0.15) is 0 Å². The number of nitrogens with one attached hydrogen (secondary N) is 1. The molecule has 4 nitrogen and oxygen atoms in total. The van der Waals surface area contributed by atoms with E-state index in [0.29, 0.717) is 12.8 Å². The van der Waals surface area contributed by atoms with E-state index in [-0.39, 0.29) is 17.9 Å². The molecule has 0 unspecified atom stereocenters. The third-order valence-electron chi connectivity index (χ3n) is 4.14. The summed E-state index contributed by atoms with van der Waals surface area (Å²) in [6, 6.07) is 7.96. The molecular weight excluding hydrogens is 286 g/mol. The molecule has 1 aliphatic carbocycles. The molecule has 21 heavy (non-hydrogen) atoms. The molecule has 1 aliphatic rings. The highest BCUT2D eigenvalue weighted by Gasteiger charge is 2.27. The number of aliphatic carboxylic acids is 1. The maximum atomic E-state index is 12.4. The number of hydrogen-bond acceptors (Lipinski definition) is 3. The largest absolute Gasteiger partial charge is 0.481 e. The quantitative estimate of drug-likeness (QED) is 0.914. The van der Waals surface area contributed by atoms with Crippen LogP contribution in [0.4, 0.5) is 0 Å². The summed E-state index contributed by atoms with van der Waals surface area (Å²) in [5, 5.41) is 14.9. The second-order valence-electron chi connectivity index (χ2n) is 5.51. The number of carbonyl (C=O) groups is 2. The van der Waals surface area contributed by atoms with Gasteiger partial charge in [0.05, 0.1) is 11.5 Å². The summed E-state index contributed by atoms with van der Waals surface area (Å²) < 4.78 is 1.11. The summed E-state index contributed by atoms with van der Waals surface area (Å²) in [6.45, 7) is 0. The van der Waals surface area contributed by atoms with Crippen LogP contribution in [-0.4, -0.2) is 23.0 Å². The molecule has 2 N–H and O–H groups in total. The van der Waals surface area contributed by atoms with E-state index >= 15 is 0 Å². The topological polar surface area (TPSA) is 66.4 Å². The van der Waals surface area contributed by atoms with Crippen molar-refractivity contribution in [3.05, 3.63) is 35.2 Å². The first kappa shape index (κ1) is 14.1. The van der Waals surface area contributed by atoms with Gasteiger partial charge in [-0.25, -0.2) is 0 Å². The van der Waals surface area contributed by atoms with Crippen molar-refractivity contribution in [2.24, 2.45) is 5.92 Å².